The molecule has 1 fully saturated rings. The normalized spacial score (nSPS) is 14.0. The van der Waals surface area contributed by atoms with Crippen LogP contribution < -0.4 is 11.2 Å². The lowest BCUT2D eigenvalue weighted by Crippen LogP contribution is -2.48. The van der Waals surface area contributed by atoms with Gasteiger partial charge in [0.25, 0.3) is 11.5 Å². The van der Waals surface area contributed by atoms with Gasteiger partial charge in [-0.1, -0.05) is 48.0 Å². The number of carbonyl (C=O) groups excluding carboxylic acids is 1. The molecular weight excluding hydrogens is 384 g/mol. The SMILES string of the molecule is Cc1ccc(-n2nc(C(=O)N3CCOCC3)c(=O)n(Cc3ccccc3)c2=O)cc1. The number of hydrogen-bond donors (Lipinski definition) is 0. The van der Waals surface area contributed by atoms with Crippen LogP contribution in [0.25, 0.3) is 5.69 Å². The lowest BCUT2D eigenvalue weighted by Gasteiger charge is -2.26. The van der Waals surface area contributed by atoms with Crippen molar-refractivity contribution in [1.82, 2.24) is 19.2 Å². The summed E-state index contributed by atoms with van der Waals surface area (Å²) in [6, 6.07) is 16.3. The molecular formula is C22H22N4O4. The van der Waals surface area contributed by atoms with E-state index < -0.39 is 17.2 Å². The van der Waals surface area contributed by atoms with Crippen LogP contribution in [0, 0.1) is 6.92 Å². The average molecular weight is 406 g/mol. The molecule has 1 aliphatic heterocycles. The molecule has 0 atom stereocenters. The van der Waals surface area contributed by atoms with Gasteiger partial charge in [-0.3, -0.25) is 14.2 Å². The van der Waals surface area contributed by atoms with Crippen molar-refractivity contribution < 1.29 is 9.53 Å². The Hall–Kier alpha value is -3.52. The highest BCUT2D eigenvalue weighted by molar-refractivity contribution is 5.91. The van der Waals surface area contributed by atoms with Crippen LogP contribution in [0.5, 0.6) is 0 Å². The van der Waals surface area contributed by atoms with Crippen molar-refractivity contribution in [2.45, 2.75) is 13.5 Å². The summed E-state index contributed by atoms with van der Waals surface area (Å²) < 4.78 is 7.48. The molecule has 1 aromatic heterocycles. The van der Waals surface area contributed by atoms with Crippen LogP contribution >= 0.6 is 0 Å². The highest BCUT2D eigenvalue weighted by Crippen LogP contribution is 2.08. The van der Waals surface area contributed by atoms with Crippen LogP contribution in [0.1, 0.15) is 21.6 Å². The van der Waals surface area contributed by atoms with Gasteiger partial charge in [0.1, 0.15) is 0 Å². The predicted octanol–water partition coefficient (Wildman–Crippen LogP) is 1.22. The number of aromatic nitrogens is 3. The number of ether oxygens (including phenoxy) is 1. The second-order valence-electron chi connectivity index (χ2n) is 7.16. The fourth-order valence-electron chi connectivity index (χ4n) is 3.32. The zero-order chi connectivity index (χ0) is 21.1. The van der Waals surface area contributed by atoms with Crippen LogP contribution in [0.15, 0.2) is 64.2 Å². The number of benzene rings is 2. The van der Waals surface area contributed by atoms with Gasteiger partial charge in [0, 0.05) is 13.1 Å². The molecule has 8 nitrogen and oxygen atoms in total. The maximum atomic E-state index is 13.1. The maximum Gasteiger partial charge on any atom is 0.352 e. The summed E-state index contributed by atoms with van der Waals surface area (Å²) in [6.07, 6.45) is 0. The monoisotopic (exact) mass is 406 g/mol. The van der Waals surface area contributed by atoms with Crippen molar-refractivity contribution in [3.8, 4) is 5.69 Å². The summed E-state index contributed by atoms with van der Waals surface area (Å²) in [6.45, 7) is 3.55. The van der Waals surface area contributed by atoms with E-state index in [1.807, 2.05) is 49.4 Å². The molecule has 3 aromatic rings. The van der Waals surface area contributed by atoms with Crippen molar-refractivity contribution in [2.24, 2.45) is 0 Å². The number of nitrogens with zero attached hydrogens (tertiary/aromatic N) is 4. The molecule has 4 rings (SSSR count). The third-order valence-corrected chi connectivity index (χ3v) is 5.02. The molecule has 0 aliphatic carbocycles. The van der Waals surface area contributed by atoms with E-state index in [9.17, 15) is 14.4 Å². The molecule has 1 saturated heterocycles. The second kappa shape index (κ2) is 8.46. The van der Waals surface area contributed by atoms with E-state index in [1.54, 1.807) is 12.1 Å². The average Bonchev–Trinajstić information content (AvgIpc) is 2.78. The second-order valence-corrected chi connectivity index (χ2v) is 7.16. The van der Waals surface area contributed by atoms with Crippen LogP contribution in [-0.2, 0) is 11.3 Å². The van der Waals surface area contributed by atoms with E-state index in [2.05, 4.69) is 5.10 Å². The smallest absolute Gasteiger partial charge is 0.352 e. The highest BCUT2D eigenvalue weighted by atomic mass is 16.5. The number of carbonyl (C=O) groups is 1. The Labute approximate surface area is 172 Å². The van der Waals surface area contributed by atoms with Crippen molar-refractivity contribution in [2.75, 3.05) is 26.3 Å². The lowest BCUT2D eigenvalue weighted by molar-refractivity contribution is 0.0295. The van der Waals surface area contributed by atoms with E-state index in [-0.39, 0.29) is 12.2 Å². The van der Waals surface area contributed by atoms with Gasteiger partial charge >= 0.3 is 5.69 Å². The summed E-state index contributed by atoms with van der Waals surface area (Å²) >= 11 is 0. The number of rotatable bonds is 4. The molecule has 2 heterocycles. The minimum Gasteiger partial charge on any atom is -0.378 e. The molecule has 1 amide bonds. The third-order valence-electron chi connectivity index (χ3n) is 5.02. The first-order chi connectivity index (χ1) is 14.5. The Kier molecular flexibility index (Phi) is 5.58. The Morgan fingerprint density at radius 3 is 2.33 bits per heavy atom. The number of aryl methyl sites for hydroxylation is 1. The summed E-state index contributed by atoms with van der Waals surface area (Å²) in [4.78, 5) is 40.9. The van der Waals surface area contributed by atoms with Crippen LogP contribution in [0.2, 0.25) is 0 Å². The number of hydrogen-bond acceptors (Lipinski definition) is 5. The topological polar surface area (TPSA) is 86.4 Å². The molecule has 2 aromatic carbocycles. The fraction of sp³-hybridized carbons (Fsp3) is 0.273. The number of morpholine rings is 1. The molecule has 0 unspecified atom stereocenters. The van der Waals surface area contributed by atoms with E-state index in [1.165, 1.54) is 4.90 Å². The Bertz CT molecular complexity index is 1160. The summed E-state index contributed by atoms with van der Waals surface area (Å²) in [5.41, 5.74) is 0.739. The summed E-state index contributed by atoms with van der Waals surface area (Å²) in [5.74, 6) is -0.494. The molecule has 0 bridgehead atoms. The van der Waals surface area contributed by atoms with E-state index in [0.717, 1.165) is 20.4 Å². The van der Waals surface area contributed by atoms with E-state index >= 15 is 0 Å². The quantitative estimate of drug-likeness (QED) is 0.650. The first-order valence-electron chi connectivity index (χ1n) is 9.77. The van der Waals surface area contributed by atoms with Gasteiger partial charge in [0.15, 0.2) is 0 Å². The summed E-state index contributed by atoms with van der Waals surface area (Å²) in [5, 5.41) is 4.19. The molecule has 0 radical (unpaired) electrons. The molecule has 1 aliphatic rings. The van der Waals surface area contributed by atoms with Gasteiger partial charge < -0.3 is 9.64 Å². The van der Waals surface area contributed by atoms with Crippen LogP contribution in [0.4, 0.5) is 0 Å². The van der Waals surface area contributed by atoms with Crippen molar-refractivity contribution in [1.29, 1.82) is 0 Å². The number of amides is 1. The first-order valence-corrected chi connectivity index (χ1v) is 9.77. The van der Waals surface area contributed by atoms with Gasteiger partial charge in [0.05, 0.1) is 25.4 Å². The molecule has 0 spiro atoms. The minimum atomic E-state index is -0.691. The Morgan fingerprint density at radius 2 is 1.67 bits per heavy atom. The minimum absolute atomic E-state index is 0.0519. The lowest BCUT2D eigenvalue weighted by atomic mass is 10.2. The molecule has 8 heteroatoms. The van der Waals surface area contributed by atoms with E-state index in [0.29, 0.717) is 32.0 Å². The Balaban J connectivity index is 1.86. The van der Waals surface area contributed by atoms with Gasteiger partial charge in [-0.2, -0.15) is 9.78 Å². The van der Waals surface area contributed by atoms with Gasteiger partial charge in [-0.15, -0.1) is 0 Å². The van der Waals surface area contributed by atoms with Crippen LogP contribution in [0.3, 0.4) is 0 Å². The highest BCUT2D eigenvalue weighted by Gasteiger charge is 2.26. The zero-order valence-electron chi connectivity index (χ0n) is 16.7. The van der Waals surface area contributed by atoms with Crippen LogP contribution in [-0.4, -0.2) is 51.5 Å². The van der Waals surface area contributed by atoms with Gasteiger partial charge in [-0.05, 0) is 24.6 Å². The van der Waals surface area contributed by atoms with Crippen molar-refractivity contribution >= 4 is 5.91 Å². The van der Waals surface area contributed by atoms with Crippen molar-refractivity contribution in [3.05, 3.63) is 92.3 Å². The van der Waals surface area contributed by atoms with E-state index in [4.69, 9.17) is 4.74 Å². The maximum absolute atomic E-state index is 13.1. The largest absolute Gasteiger partial charge is 0.378 e. The molecule has 0 N–H and O–H groups in total. The fourth-order valence-corrected chi connectivity index (χ4v) is 3.32. The zero-order valence-corrected chi connectivity index (χ0v) is 16.7. The molecule has 30 heavy (non-hydrogen) atoms. The molecule has 0 saturated carbocycles. The van der Waals surface area contributed by atoms with Crippen molar-refractivity contribution in [3.63, 3.8) is 0 Å². The summed E-state index contributed by atoms with van der Waals surface area (Å²) in [7, 11) is 0. The van der Waals surface area contributed by atoms with Gasteiger partial charge in [0.2, 0.25) is 5.69 Å². The van der Waals surface area contributed by atoms with Gasteiger partial charge in [-0.25, -0.2) is 4.79 Å². The first kappa shape index (κ1) is 19.8. The Morgan fingerprint density at radius 1 is 1.00 bits per heavy atom. The molecule has 154 valence electrons. The standard InChI is InChI=1S/C22H22N4O4/c1-16-7-9-18(10-8-16)26-22(29)25(15-17-5-3-2-4-6-17)21(28)19(23-26)20(27)24-11-13-30-14-12-24/h2-10H,11-15H2,1H3. The predicted molar refractivity (Wildman–Crippen MR) is 111 cm³/mol. The third kappa shape index (κ3) is 3.95.